The van der Waals surface area contributed by atoms with Crippen molar-refractivity contribution >= 4 is 5.91 Å². The summed E-state index contributed by atoms with van der Waals surface area (Å²) in [6.07, 6.45) is 0. The van der Waals surface area contributed by atoms with Gasteiger partial charge < -0.3 is 10.0 Å². The SMILES string of the molecule is O=C(c1cc(F)c(F)c(F)c1F)N1CC(CO)C1. The first kappa shape index (κ1) is 12.8. The third-order valence-electron chi connectivity index (χ3n) is 2.84. The first-order chi connectivity index (χ1) is 8.45. The van der Waals surface area contributed by atoms with Crippen LogP contribution in [0.15, 0.2) is 6.07 Å². The number of likely N-dealkylation sites (tertiary alicyclic amines) is 1. The predicted octanol–water partition coefficient (Wildman–Crippen LogP) is 1.31. The van der Waals surface area contributed by atoms with E-state index in [1.807, 2.05) is 0 Å². The normalized spacial score (nSPS) is 15.7. The van der Waals surface area contributed by atoms with Crippen LogP contribution in [0, 0.1) is 29.2 Å². The highest BCUT2D eigenvalue weighted by Gasteiger charge is 2.33. The molecule has 98 valence electrons. The largest absolute Gasteiger partial charge is 0.396 e. The van der Waals surface area contributed by atoms with Crippen LogP contribution in [0.25, 0.3) is 0 Å². The highest BCUT2D eigenvalue weighted by molar-refractivity contribution is 5.95. The van der Waals surface area contributed by atoms with Gasteiger partial charge in [0, 0.05) is 25.6 Å². The van der Waals surface area contributed by atoms with Gasteiger partial charge in [0.15, 0.2) is 23.3 Å². The molecule has 0 aliphatic carbocycles. The van der Waals surface area contributed by atoms with E-state index in [0.717, 1.165) is 4.90 Å². The molecule has 1 saturated heterocycles. The van der Waals surface area contributed by atoms with Crippen LogP contribution in [0.1, 0.15) is 10.4 Å². The minimum absolute atomic E-state index is 0.118. The average molecular weight is 263 g/mol. The second-order valence-electron chi connectivity index (χ2n) is 4.11. The zero-order chi connectivity index (χ0) is 13.4. The van der Waals surface area contributed by atoms with Gasteiger partial charge in [0.05, 0.1) is 5.56 Å². The van der Waals surface area contributed by atoms with Gasteiger partial charge in [-0.25, -0.2) is 17.6 Å². The first-order valence-corrected chi connectivity index (χ1v) is 5.18. The molecule has 0 spiro atoms. The molecule has 1 amide bonds. The lowest BCUT2D eigenvalue weighted by atomic mass is 9.99. The maximum atomic E-state index is 13.3. The van der Waals surface area contributed by atoms with E-state index in [-0.39, 0.29) is 25.6 Å². The molecule has 18 heavy (non-hydrogen) atoms. The summed E-state index contributed by atoms with van der Waals surface area (Å²) in [5.74, 6) is -8.30. The third kappa shape index (κ3) is 1.94. The molecule has 2 rings (SSSR count). The Labute approximate surface area is 99.6 Å². The predicted molar refractivity (Wildman–Crippen MR) is 52.8 cm³/mol. The van der Waals surface area contributed by atoms with Crippen LogP contribution in [-0.4, -0.2) is 35.6 Å². The molecule has 1 aromatic rings. The molecule has 1 N–H and O–H groups in total. The number of carbonyl (C=O) groups excluding carboxylic acids is 1. The quantitative estimate of drug-likeness (QED) is 0.496. The molecular formula is C11H9F4NO2. The van der Waals surface area contributed by atoms with Gasteiger partial charge in [0.25, 0.3) is 5.91 Å². The van der Waals surface area contributed by atoms with E-state index in [9.17, 15) is 22.4 Å². The van der Waals surface area contributed by atoms with Crippen LogP contribution >= 0.6 is 0 Å². The maximum absolute atomic E-state index is 13.3. The van der Waals surface area contributed by atoms with Gasteiger partial charge in [-0.05, 0) is 6.07 Å². The molecule has 1 aliphatic rings. The van der Waals surface area contributed by atoms with E-state index in [1.165, 1.54) is 0 Å². The Morgan fingerprint density at radius 2 is 1.83 bits per heavy atom. The molecule has 0 saturated carbocycles. The number of hydrogen-bond acceptors (Lipinski definition) is 2. The minimum atomic E-state index is -2.00. The lowest BCUT2D eigenvalue weighted by molar-refractivity contribution is 0.0356. The molecule has 0 atom stereocenters. The Bertz CT molecular complexity index is 500. The minimum Gasteiger partial charge on any atom is -0.396 e. The lowest BCUT2D eigenvalue weighted by Crippen LogP contribution is -2.51. The zero-order valence-corrected chi connectivity index (χ0v) is 9.09. The fourth-order valence-corrected chi connectivity index (χ4v) is 1.75. The van der Waals surface area contributed by atoms with E-state index in [2.05, 4.69) is 0 Å². The number of carbonyl (C=O) groups is 1. The second-order valence-corrected chi connectivity index (χ2v) is 4.11. The summed E-state index contributed by atoms with van der Waals surface area (Å²) in [6.45, 7) is 0.225. The van der Waals surface area contributed by atoms with Crippen LogP contribution in [0.5, 0.6) is 0 Å². The third-order valence-corrected chi connectivity index (χ3v) is 2.84. The molecule has 0 aromatic heterocycles. The van der Waals surface area contributed by atoms with Crippen molar-refractivity contribution in [3.63, 3.8) is 0 Å². The van der Waals surface area contributed by atoms with E-state index in [4.69, 9.17) is 5.11 Å². The van der Waals surface area contributed by atoms with Crippen LogP contribution in [0.3, 0.4) is 0 Å². The Kier molecular flexibility index (Phi) is 3.25. The Morgan fingerprint density at radius 1 is 1.22 bits per heavy atom. The highest BCUT2D eigenvalue weighted by atomic mass is 19.2. The Morgan fingerprint density at radius 3 is 2.39 bits per heavy atom. The molecule has 0 bridgehead atoms. The van der Waals surface area contributed by atoms with Gasteiger partial charge in [0.1, 0.15) is 0 Å². The summed E-state index contributed by atoms with van der Waals surface area (Å²) in [7, 11) is 0. The van der Waals surface area contributed by atoms with E-state index >= 15 is 0 Å². The summed E-state index contributed by atoms with van der Waals surface area (Å²) in [6, 6.07) is 0.336. The smallest absolute Gasteiger partial charge is 0.257 e. The molecule has 0 unspecified atom stereocenters. The van der Waals surface area contributed by atoms with Gasteiger partial charge >= 0.3 is 0 Å². The summed E-state index contributed by atoms with van der Waals surface area (Å²) < 4.78 is 51.9. The van der Waals surface area contributed by atoms with Crippen molar-refractivity contribution in [3.8, 4) is 0 Å². The van der Waals surface area contributed by atoms with Crippen molar-refractivity contribution in [2.45, 2.75) is 0 Å². The summed E-state index contributed by atoms with van der Waals surface area (Å²) in [4.78, 5) is 12.8. The van der Waals surface area contributed by atoms with Gasteiger partial charge in [-0.2, -0.15) is 0 Å². The zero-order valence-electron chi connectivity index (χ0n) is 9.09. The second kappa shape index (κ2) is 4.56. The molecular weight excluding hydrogens is 254 g/mol. The lowest BCUT2D eigenvalue weighted by Gasteiger charge is -2.38. The van der Waals surface area contributed by atoms with Gasteiger partial charge in [-0.15, -0.1) is 0 Å². The number of hydrogen-bond donors (Lipinski definition) is 1. The number of amides is 1. The van der Waals surface area contributed by atoms with Gasteiger partial charge in [-0.3, -0.25) is 4.79 Å². The van der Waals surface area contributed by atoms with Crippen molar-refractivity contribution in [1.29, 1.82) is 0 Å². The number of rotatable bonds is 2. The topological polar surface area (TPSA) is 40.5 Å². The fraction of sp³-hybridized carbons (Fsp3) is 0.364. The first-order valence-electron chi connectivity index (χ1n) is 5.18. The van der Waals surface area contributed by atoms with Crippen molar-refractivity contribution in [3.05, 3.63) is 34.9 Å². The monoisotopic (exact) mass is 263 g/mol. The van der Waals surface area contributed by atoms with Crippen LogP contribution in [-0.2, 0) is 0 Å². The molecule has 1 aromatic carbocycles. The Balaban J connectivity index is 2.27. The number of nitrogens with zero attached hydrogens (tertiary/aromatic N) is 1. The molecule has 1 fully saturated rings. The van der Waals surface area contributed by atoms with Crippen molar-refractivity contribution < 1.29 is 27.5 Å². The standard InChI is InChI=1S/C11H9F4NO2/c12-7-1-6(8(13)10(15)9(7)14)11(18)16-2-5(3-16)4-17/h1,5,17H,2-4H2. The van der Waals surface area contributed by atoms with Crippen LogP contribution in [0.4, 0.5) is 17.6 Å². The molecule has 7 heteroatoms. The number of aliphatic hydroxyl groups excluding tert-OH is 1. The summed E-state index contributed by atoms with van der Waals surface area (Å²) >= 11 is 0. The Hall–Kier alpha value is -1.63. The van der Waals surface area contributed by atoms with E-state index in [1.54, 1.807) is 0 Å². The molecule has 0 radical (unpaired) electrons. The average Bonchev–Trinajstić information content (AvgIpc) is 2.29. The van der Waals surface area contributed by atoms with Crippen LogP contribution < -0.4 is 0 Å². The van der Waals surface area contributed by atoms with Crippen molar-refractivity contribution in [1.82, 2.24) is 4.90 Å². The fourth-order valence-electron chi connectivity index (χ4n) is 1.75. The van der Waals surface area contributed by atoms with Crippen molar-refractivity contribution in [2.75, 3.05) is 19.7 Å². The highest BCUT2D eigenvalue weighted by Crippen LogP contribution is 2.23. The van der Waals surface area contributed by atoms with E-state index < -0.39 is 34.7 Å². The summed E-state index contributed by atoms with van der Waals surface area (Å²) in [5.41, 5.74) is -0.845. The maximum Gasteiger partial charge on any atom is 0.257 e. The molecule has 1 aliphatic heterocycles. The van der Waals surface area contributed by atoms with Crippen molar-refractivity contribution in [2.24, 2.45) is 5.92 Å². The number of aliphatic hydroxyl groups is 1. The summed E-state index contributed by atoms with van der Waals surface area (Å²) in [5, 5.41) is 8.75. The number of halogens is 4. The molecule has 3 nitrogen and oxygen atoms in total. The van der Waals surface area contributed by atoms with Crippen LogP contribution in [0.2, 0.25) is 0 Å². The van der Waals surface area contributed by atoms with Gasteiger partial charge in [-0.1, -0.05) is 0 Å². The number of benzene rings is 1. The van der Waals surface area contributed by atoms with Gasteiger partial charge in [0.2, 0.25) is 0 Å². The molecule has 1 heterocycles. The van der Waals surface area contributed by atoms with E-state index in [0.29, 0.717) is 6.07 Å².